The van der Waals surface area contributed by atoms with Crippen molar-refractivity contribution in [3.8, 4) is 16.9 Å². The van der Waals surface area contributed by atoms with Crippen LogP contribution in [-0.2, 0) is 5.72 Å². The van der Waals surface area contributed by atoms with Crippen LogP contribution in [0, 0.1) is 5.92 Å². The molecule has 4 N–H and O–H groups in total. The smallest absolute Gasteiger partial charge is 0.190 e. The summed E-state index contributed by atoms with van der Waals surface area (Å²) in [7, 11) is 3.22. The molecule has 0 aliphatic rings. The molecule has 0 saturated heterocycles. The largest absolute Gasteiger partial charge is 0.497 e. The van der Waals surface area contributed by atoms with Gasteiger partial charge in [-0.2, -0.15) is 0 Å². The lowest BCUT2D eigenvalue weighted by molar-refractivity contribution is -0.0153. The third-order valence-electron chi connectivity index (χ3n) is 4.41. The molecule has 138 valence electrons. The monoisotopic (exact) mass is 353 g/mol. The van der Waals surface area contributed by atoms with Crippen LogP contribution in [0.25, 0.3) is 11.1 Å². The number of allylic oxidation sites excluding steroid dienone is 1. The Bertz CT molecular complexity index is 801. The summed E-state index contributed by atoms with van der Waals surface area (Å²) in [6, 6.07) is 15.5. The third-order valence-corrected chi connectivity index (χ3v) is 4.41. The molecule has 2 aromatic carbocycles. The number of methoxy groups -OCH3 is 1. The van der Waals surface area contributed by atoms with Gasteiger partial charge in [0.1, 0.15) is 5.75 Å². The molecule has 26 heavy (non-hydrogen) atoms. The second-order valence-electron chi connectivity index (χ2n) is 6.13. The molecule has 2 aromatic rings. The number of aliphatic imine (C=N–C) groups is 1. The summed E-state index contributed by atoms with van der Waals surface area (Å²) in [6.45, 7) is 3.84. The zero-order valence-corrected chi connectivity index (χ0v) is 15.7. The summed E-state index contributed by atoms with van der Waals surface area (Å²) in [5.74, 6) is 0.731. The van der Waals surface area contributed by atoms with Crippen LogP contribution in [0.15, 0.2) is 65.7 Å². The van der Waals surface area contributed by atoms with Crippen LogP contribution in [0.5, 0.6) is 5.75 Å². The van der Waals surface area contributed by atoms with Crippen molar-refractivity contribution in [1.82, 2.24) is 5.32 Å². The van der Waals surface area contributed by atoms with E-state index in [0.29, 0.717) is 5.56 Å². The Hall–Kier alpha value is -2.79. The van der Waals surface area contributed by atoms with E-state index in [9.17, 15) is 5.11 Å². The van der Waals surface area contributed by atoms with E-state index < -0.39 is 5.72 Å². The summed E-state index contributed by atoms with van der Waals surface area (Å²) in [5, 5.41) is 14.4. The third kappa shape index (κ3) is 4.24. The first-order valence-electron chi connectivity index (χ1n) is 8.55. The van der Waals surface area contributed by atoms with Crippen LogP contribution in [0.1, 0.15) is 19.4 Å². The van der Waals surface area contributed by atoms with Crippen molar-refractivity contribution < 1.29 is 9.84 Å². The van der Waals surface area contributed by atoms with Crippen molar-refractivity contribution in [3.63, 3.8) is 0 Å². The lowest BCUT2D eigenvalue weighted by Gasteiger charge is -2.34. The number of aliphatic hydroxyl groups is 1. The van der Waals surface area contributed by atoms with E-state index in [1.807, 2.05) is 74.5 Å². The summed E-state index contributed by atoms with van der Waals surface area (Å²) in [4.78, 5) is 3.93. The number of benzene rings is 2. The number of hydrogen-bond donors (Lipinski definition) is 3. The van der Waals surface area contributed by atoms with Gasteiger partial charge in [-0.25, -0.2) is 0 Å². The van der Waals surface area contributed by atoms with Gasteiger partial charge in [0.25, 0.3) is 0 Å². The predicted octanol–water partition coefficient (Wildman–Crippen LogP) is 3.25. The van der Waals surface area contributed by atoms with E-state index in [4.69, 9.17) is 10.5 Å². The van der Waals surface area contributed by atoms with Crippen molar-refractivity contribution >= 4 is 5.96 Å². The van der Waals surface area contributed by atoms with Gasteiger partial charge in [0.15, 0.2) is 11.7 Å². The minimum Gasteiger partial charge on any atom is -0.497 e. The van der Waals surface area contributed by atoms with Crippen LogP contribution < -0.4 is 15.8 Å². The first-order chi connectivity index (χ1) is 12.4. The summed E-state index contributed by atoms with van der Waals surface area (Å²) < 4.78 is 5.31. The SMILES string of the molecule is C/C=C\C(C)C(O)(NC(N)=NC)c1cccc(-c2cccc(OC)c2)c1. The van der Waals surface area contributed by atoms with E-state index >= 15 is 0 Å². The number of nitrogens with one attached hydrogen (secondary N) is 1. The molecule has 0 amide bonds. The highest BCUT2D eigenvalue weighted by Gasteiger charge is 2.35. The summed E-state index contributed by atoms with van der Waals surface area (Å²) in [5.41, 5.74) is 7.15. The van der Waals surface area contributed by atoms with E-state index in [2.05, 4.69) is 10.3 Å². The standard InChI is InChI=1S/C21H27N3O2/c1-5-8-15(2)21(25,24-20(22)23-3)18-11-6-9-16(13-18)17-10-7-12-19(14-17)26-4/h5-15,25H,1-4H3,(H3,22,23,24)/b8-5-. The Morgan fingerprint density at radius 2 is 1.88 bits per heavy atom. The number of nitrogens with zero attached hydrogens (tertiary/aromatic N) is 1. The van der Waals surface area contributed by atoms with E-state index in [1.165, 1.54) is 0 Å². The van der Waals surface area contributed by atoms with Gasteiger partial charge >= 0.3 is 0 Å². The van der Waals surface area contributed by atoms with Gasteiger partial charge in [0.2, 0.25) is 0 Å². The molecule has 2 atom stereocenters. The molecule has 0 bridgehead atoms. The number of ether oxygens (including phenoxy) is 1. The van der Waals surface area contributed by atoms with Gasteiger partial charge in [0, 0.05) is 18.5 Å². The maximum atomic E-state index is 11.4. The van der Waals surface area contributed by atoms with Crippen LogP contribution in [0.3, 0.4) is 0 Å². The van der Waals surface area contributed by atoms with Gasteiger partial charge in [-0.1, -0.05) is 49.4 Å². The van der Waals surface area contributed by atoms with Gasteiger partial charge in [-0.3, -0.25) is 4.99 Å². The quantitative estimate of drug-likeness (QED) is 0.322. The normalized spacial score (nSPS) is 15.5. The fraction of sp³-hybridized carbons (Fsp3) is 0.286. The van der Waals surface area contributed by atoms with Gasteiger partial charge in [-0.15, -0.1) is 0 Å². The van der Waals surface area contributed by atoms with Gasteiger partial charge in [-0.05, 0) is 36.2 Å². The van der Waals surface area contributed by atoms with Crippen molar-refractivity contribution in [2.45, 2.75) is 19.6 Å². The van der Waals surface area contributed by atoms with Crippen molar-refractivity contribution in [3.05, 3.63) is 66.2 Å². The molecule has 0 radical (unpaired) electrons. The molecular weight excluding hydrogens is 326 g/mol. The number of rotatable bonds is 6. The first-order valence-corrected chi connectivity index (χ1v) is 8.55. The van der Waals surface area contributed by atoms with E-state index in [1.54, 1.807) is 14.2 Å². The number of hydrogen-bond acceptors (Lipinski definition) is 3. The molecule has 0 fully saturated rings. The topological polar surface area (TPSA) is 79.9 Å². The molecular formula is C21H27N3O2. The van der Waals surface area contributed by atoms with Gasteiger partial charge < -0.3 is 20.9 Å². The molecule has 2 unspecified atom stereocenters. The van der Waals surface area contributed by atoms with Crippen LogP contribution in [-0.4, -0.2) is 25.2 Å². The summed E-state index contributed by atoms with van der Waals surface area (Å²) >= 11 is 0. The summed E-state index contributed by atoms with van der Waals surface area (Å²) in [6.07, 6.45) is 3.83. The molecule has 0 spiro atoms. The fourth-order valence-electron chi connectivity index (χ4n) is 2.87. The molecule has 0 saturated carbocycles. The van der Waals surface area contributed by atoms with Crippen LogP contribution in [0.2, 0.25) is 0 Å². The number of guanidine groups is 1. The Balaban J connectivity index is 2.52. The zero-order valence-electron chi connectivity index (χ0n) is 15.7. The molecule has 5 heteroatoms. The Morgan fingerprint density at radius 1 is 1.23 bits per heavy atom. The highest BCUT2D eigenvalue weighted by Crippen LogP contribution is 2.32. The van der Waals surface area contributed by atoms with Crippen LogP contribution in [0.4, 0.5) is 0 Å². The first kappa shape index (κ1) is 19.5. The maximum Gasteiger partial charge on any atom is 0.190 e. The average Bonchev–Trinajstić information content (AvgIpc) is 2.68. The lowest BCUT2D eigenvalue weighted by atomic mass is 9.88. The number of nitrogens with two attached hydrogens (primary N) is 1. The highest BCUT2D eigenvalue weighted by molar-refractivity contribution is 5.78. The van der Waals surface area contributed by atoms with Gasteiger partial charge in [0.05, 0.1) is 7.11 Å². The molecule has 0 aliphatic heterocycles. The van der Waals surface area contributed by atoms with Crippen molar-refractivity contribution in [2.24, 2.45) is 16.6 Å². The fourth-order valence-corrected chi connectivity index (χ4v) is 2.87. The van der Waals surface area contributed by atoms with Crippen LogP contribution >= 0.6 is 0 Å². The minimum atomic E-state index is -1.38. The Kier molecular flexibility index (Phi) is 6.41. The zero-order chi connectivity index (χ0) is 19.2. The van der Waals surface area contributed by atoms with Crippen molar-refractivity contribution in [2.75, 3.05) is 14.2 Å². The maximum absolute atomic E-state index is 11.4. The highest BCUT2D eigenvalue weighted by atomic mass is 16.5. The molecule has 0 aliphatic carbocycles. The minimum absolute atomic E-state index is 0.177. The predicted molar refractivity (Wildman–Crippen MR) is 107 cm³/mol. The lowest BCUT2D eigenvalue weighted by Crippen LogP contribution is -2.52. The second-order valence-corrected chi connectivity index (χ2v) is 6.13. The second kappa shape index (κ2) is 8.54. The van der Waals surface area contributed by atoms with Crippen molar-refractivity contribution in [1.29, 1.82) is 0 Å². The average molecular weight is 353 g/mol. The Labute approximate surface area is 155 Å². The van der Waals surface area contributed by atoms with E-state index in [-0.39, 0.29) is 11.9 Å². The molecule has 0 aromatic heterocycles. The Morgan fingerprint density at radius 3 is 2.50 bits per heavy atom. The molecule has 0 heterocycles. The molecule has 5 nitrogen and oxygen atoms in total. The van der Waals surface area contributed by atoms with E-state index in [0.717, 1.165) is 16.9 Å². The molecule has 2 rings (SSSR count).